The molecule has 2 aromatic rings. The summed E-state index contributed by atoms with van der Waals surface area (Å²) in [5.41, 5.74) is 4.22. The zero-order valence-corrected chi connectivity index (χ0v) is 11.2. The van der Waals surface area contributed by atoms with Crippen molar-refractivity contribution >= 4 is 5.97 Å². The van der Waals surface area contributed by atoms with Gasteiger partial charge in [-0.25, -0.2) is 0 Å². The normalized spacial score (nSPS) is 10.9. The number of benzene rings is 1. The molecule has 2 rings (SSSR count). The van der Waals surface area contributed by atoms with E-state index in [1.807, 2.05) is 0 Å². The van der Waals surface area contributed by atoms with Gasteiger partial charge < -0.3 is 5.11 Å². The van der Waals surface area contributed by atoms with Gasteiger partial charge in [0.05, 0.1) is 12.6 Å². The Kier molecular flexibility index (Phi) is 4.00. The Balaban J connectivity index is 2.22. The second-order valence-electron chi connectivity index (χ2n) is 4.93. The standard InChI is InChI=1S/C15H18N2O2/c1-10(2)11-3-5-12(6-4-11)13-9-16-17-14(13)7-8-15(18)19/h3-6,9-10H,7-8H2,1-2H3,(H,16,17)(H,18,19). The SMILES string of the molecule is CC(C)c1ccc(-c2cn[nH]c2CCC(=O)O)cc1. The summed E-state index contributed by atoms with van der Waals surface area (Å²) >= 11 is 0. The van der Waals surface area contributed by atoms with E-state index in [0.29, 0.717) is 12.3 Å². The van der Waals surface area contributed by atoms with Gasteiger partial charge in [0.1, 0.15) is 0 Å². The van der Waals surface area contributed by atoms with E-state index in [1.165, 1.54) is 5.56 Å². The molecule has 0 saturated carbocycles. The van der Waals surface area contributed by atoms with E-state index < -0.39 is 5.97 Å². The van der Waals surface area contributed by atoms with Crippen molar-refractivity contribution in [3.8, 4) is 11.1 Å². The molecule has 1 aromatic heterocycles. The van der Waals surface area contributed by atoms with Crippen LogP contribution in [0.3, 0.4) is 0 Å². The fourth-order valence-electron chi connectivity index (χ4n) is 2.03. The van der Waals surface area contributed by atoms with Crippen LogP contribution in [0.5, 0.6) is 0 Å². The largest absolute Gasteiger partial charge is 0.481 e. The van der Waals surface area contributed by atoms with Gasteiger partial charge in [0.15, 0.2) is 0 Å². The molecule has 100 valence electrons. The number of hydrogen-bond donors (Lipinski definition) is 2. The van der Waals surface area contributed by atoms with Gasteiger partial charge in [-0.05, 0) is 17.0 Å². The van der Waals surface area contributed by atoms with Gasteiger partial charge in [-0.2, -0.15) is 5.10 Å². The first-order valence-corrected chi connectivity index (χ1v) is 6.42. The number of nitrogens with one attached hydrogen (secondary N) is 1. The van der Waals surface area contributed by atoms with Gasteiger partial charge in [-0.1, -0.05) is 38.1 Å². The second kappa shape index (κ2) is 5.69. The van der Waals surface area contributed by atoms with E-state index in [-0.39, 0.29) is 6.42 Å². The van der Waals surface area contributed by atoms with Gasteiger partial charge in [-0.3, -0.25) is 9.89 Å². The second-order valence-corrected chi connectivity index (χ2v) is 4.93. The maximum Gasteiger partial charge on any atom is 0.303 e. The van der Waals surface area contributed by atoms with Crippen molar-refractivity contribution in [1.82, 2.24) is 10.2 Å². The molecule has 0 fully saturated rings. The average Bonchev–Trinajstić information content (AvgIpc) is 2.84. The Morgan fingerprint density at radius 1 is 1.32 bits per heavy atom. The third-order valence-electron chi connectivity index (χ3n) is 3.20. The number of nitrogens with zero attached hydrogens (tertiary/aromatic N) is 1. The van der Waals surface area contributed by atoms with Crippen molar-refractivity contribution in [2.45, 2.75) is 32.6 Å². The first-order chi connectivity index (χ1) is 9.08. The molecule has 0 aliphatic heterocycles. The Labute approximate surface area is 112 Å². The van der Waals surface area contributed by atoms with E-state index in [1.54, 1.807) is 6.20 Å². The molecule has 19 heavy (non-hydrogen) atoms. The summed E-state index contributed by atoms with van der Waals surface area (Å²) in [6.45, 7) is 4.32. The molecule has 4 heteroatoms. The highest BCUT2D eigenvalue weighted by atomic mass is 16.4. The van der Waals surface area contributed by atoms with Crippen LogP contribution in [0.1, 0.15) is 37.4 Å². The van der Waals surface area contributed by atoms with Crippen molar-refractivity contribution in [3.63, 3.8) is 0 Å². The molecule has 0 radical (unpaired) electrons. The van der Waals surface area contributed by atoms with Crippen LogP contribution in [0.15, 0.2) is 30.5 Å². The quantitative estimate of drug-likeness (QED) is 0.865. The third-order valence-corrected chi connectivity index (χ3v) is 3.20. The first-order valence-electron chi connectivity index (χ1n) is 6.42. The van der Waals surface area contributed by atoms with Gasteiger partial charge >= 0.3 is 5.97 Å². The summed E-state index contributed by atoms with van der Waals surface area (Å²) in [5.74, 6) is -0.291. The molecule has 0 unspecified atom stereocenters. The number of aryl methyl sites for hydroxylation is 1. The van der Waals surface area contributed by atoms with E-state index in [0.717, 1.165) is 16.8 Å². The van der Waals surface area contributed by atoms with Gasteiger partial charge in [0.2, 0.25) is 0 Å². The summed E-state index contributed by atoms with van der Waals surface area (Å²) in [6.07, 6.45) is 2.33. The summed E-state index contributed by atoms with van der Waals surface area (Å²) < 4.78 is 0. The van der Waals surface area contributed by atoms with Crippen LogP contribution in [0.4, 0.5) is 0 Å². The van der Waals surface area contributed by atoms with Gasteiger partial charge in [0.25, 0.3) is 0 Å². The smallest absolute Gasteiger partial charge is 0.303 e. The van der Waals surface area contributed by atoms with Crippen LogP contribution < -0.4 is 0 Å². The molecule has 0 aliphatic rings. The maximum absolute atomic E-state index is 10.6. The number of carbonyl (C=O) groups is 1. The molecular weight excluding hydrogens is 240 g/mol. The number of hydrogen-bond acceptors (Lipinski definition) is 2. The van der Waals surface area contributed by atoms with Gasteiger partial charge in [-0.15, -0.1) is 0 Å². The minimum absolute atomic E-state index is 0.110. The Morgan fingerprint density at radius 2 is 2.00 bits per heavy atom. The van der Waals surface area contributed by atoms with Crippen molar-refractivity contribution in [1.29, 1.82) is 0 Å². The first kappa shape index (κ1) is 13.3. The number of aliphatic carboxylic acids is 1. The van der Waals surface area contributed by atoms with Crippen LogP contribution >= 0.6 is 0 Å². The van der Waals surface area contributed by atoms with E-state index in [9.17, 15) is 4.79 Å². The molecule has 1 heterocycles. The lowest BCUT2D eigenvalue weighted by Gasteiger charge is -2.07. The topological polar surface area (TPSA) is 66.0 Å². The predicted molar refractivity (Wildman–Crippen MR) is 74.1 cm³/mol. The van der Waals surface area contributed by atoms with Crippen LogP contribution in [0.2, 0.25) is 0 Å². The number of aromatic amines is 1. The van der Waals surface area contributed by atoms with Crippen molar-refractivity contribution in [3.05, 3.63) is 41.7 Å². The fraction of sp³-hybridized carbons (Fsp3) is 0.333. The van der Waals surface area contributed by atoms with Crippen LogP contribution in [0, 0.1) is 0 Å². The summed E-state index contributed by atoms with van der Waals surface area (Å²) in [7, 11) is 0. The predicted octanol–water partition coefficient (Wildman–Crippen LogP) is 3.22. The van der Waals surface area contributed by atoms with Crippen molar-refractivity contribution in [2.75, 3.05) is 0 Å². The van der Waals surface area contributed by atoms with E-state index >= 15 is 0 Å². The molecule has 4 nitrogen and oxygen atoms in total. The number of rotatable bonds is 5. The molecule has 0 spiro atoms. The summed E-state index contributed by atoms with van der Waals surface area (Å²) in [6, 6.07) is 8.33. The molecular formula is C15H18N2O2. The maximum atomic E-state index is 10.6. The Morgan fingerprint density at radius 3 is 2.58 bits per heavy atom. The minimum atomic E-state index is -0.796. The van der Waals surface area contributed by atoms with E-state index in [4.69, 9.17) is 5.11 Å². The highest BCUT2D eigenvalue weighted by Crippen LogP contribution is 2.25. The molecule has 1 aromatic carbocycles. The zero-order valence-electron chi connectivity index (χ0n) is 11.2. The number of aromatic nitrogens is 2. The van der Waals surface area contributed by atoms with Gasteiger partial charge in [0, 0.05) is 17.7 Å². The molecule has 0 atom stereocenters. The van der Waals surface area contributed by atoms with E-state index in [2.05, 4.69) is 48.3 Å². The average molecular weight is 258 g/mol. The molecule has 0 saturated heterocycles. The lowest BCUT2D eigenvalue weighted by Crippen LogP contribution is -1.99. The Bertz CT molecular complexity index is 556. The summed E-state index contributed by atoms with van der Waals surface area (Å²) in [4.78, 5) is 10.6. The molecule has 0 aliphatic carbocycles. The van der Waals surface area contributed by atoms with Crippen LogP contribution in [-0.4, -0.2) is 21.3 Å². The molecule has 0 amide bonds. The molecule has 0 bridgehead atoms. The number of carboxylic acid groups (broad SMARTS) is 1. The number of carboxylic acids is 1. The lowest BCUT2D eigenvalue weighted by atomic mass is 9.98. The highest BCUT2D eigenvalue weighted by molar-refractivity contribution is 5.69. The third kappa shape index (κ3) is 3.22. The van der Waals surface area contributed by atoms with Crippen molar-refractivity contribution in [2.24, 2.45) is 0 Å². The lowest BCUT2D eigenvalue weighted by molar-refractivity contribution is -0.136. The molecule has 2 N–H and O–H groups in total. The monoisotopic (exact) mass is 258 g/mol. The minimum Gasteiger partial charge on any atom is -0.481 e. The number of H-pyrrole nitrogens is 1. The van der Waals surface area contributed by atoms with Crippen LogP contribution in [-0.2, 0) is 11.2 Å². The van der Waals surface area contributed by atoms with Crippen LogP contribution in [0.25, 0.3) is 11.1 Å². The highest BCUT2D eigenvalue weighted by Gasteiger charge is 2.09. The van der Waals surface area contributed by atoms with Crippen molar-refractivity contribution < 1.29 is 9.90 Å². The summed E-state index contributed by atoms with van der Waals surface area (Å²) in [5, 5.41) is 15.6. The zero-order chi connectivity index (χ0) is 13.8. The fourth-order valence-corrected chi connectivity index (χ4v) is 2.03. The Hall–Kier alpha value is -2.10.